The van der Waals surface area contributed by atoms with Crippen molar-refractivity contribution in [2.75, 3.05) is 26.9 Å². The van der Waals surface area contributed by atoms with Gasteiger partial charge in [-0.25, -0.2) is 8.42 Å². The number of benzene rings is 1. The maximum atomic E-state index is 13.2. The highest BCUT2D eigenvalue weighted by Crippen LogP contribution is 2.26. The van der Waals surface area contributed by atoms with Crippen LogP contribution in [-0.2, 0) is 21.2 Å². The minimum Gasteiger partial charge on any atom is -0.497 e. The lowest BCUT2D eigenvalue weighted by Crippen LogP contribution is -2.44. The average molecular weight is 382 g/mol. The summed E-state index contributed by atoms with van der Waals surface area (Å²) in [4.78, 5) is 1.51. The van der Waals surface area contributed by atoms with Crippen LogP contribution in [0.3, 0.4) is 0 Å². The third kappa shape index (κ3) is 4.41. The third-order valence-electron chi connectivity index (χ3n) is 4.42. The van der Waals surface area contributed by atoms with Crippen LogP contribution in [0, 0.1) is 0 Å². The SMILES string of the molecule is COc1ccc(S(=O)(=O)N(CCc2cccs2)C2CCOCC2)cc1. The average Bonchev–Trinajstić information content (AvgIpc) is 3.16. The Morgan fingerprint density at radius 3 is 2.52 bits per heavy atom. The first-order valence-electron chi connectivity index (χ1n) is 8.37. The van der Waals surface area contributed by atoms with E-state index in [4.69, 9.17) is 9.47 Å². The van der Waals surface area contributed by atoms with Crippen molar-refractivity contribution >= 4 is 21.4 Å². The van der Waals surface area contributed by atoms with Gasteiger partial charge in [0.05, 0.1) is 12.0 Å². The molecule has 0 aliphatic carbocycles. The van der Waals surface area contributed by atoms with Gasteiger partial charge in [-0.15, -0.1) is 11.3 Å². The van der Waals surface area contributed by atoms with Gasteiger partial charge in [-0.05, 0) is 55.0 Å². The number of ether oxygens (including phenoxy) is 2. The molecule has 136 valence electrons. The van der Waals surface area contributed by atoms with Crippen molar-refractivity contribution < 1.29 is 17.9 Å². The fourth-order valence-corrected chi connectivity index (χ4v) is 5.41. The molecule has 0 radical (unpaired) electrons. The van der Waals surface area contributed by atoms with E-state index >= 15 is 0 Å². The van der Waals surface area contributed by atoms with Crippen LogP contribution in [0.2, 0.25) is 0 Å². The molecule has 0 N–H and O–H groups in total. The highest BCUT2D eigenvalue weighted by Gasteiger charge is 2.32. The van der Waals surface area contributed by atoms with Crippen molar-refractivity contribution in [3.8, 4) is 5.75 Å². The molecular formula is C18H23NO4S2. The van der Waals surface area contributed by atoms with E-state index in [9.17, 15) is 8.42 Å². The molecule has 0 atom stereocenters. The normalized spacial score (nSPS) is 16.2. The van der Waals surface area contributed by atoms with Gasteiger partial charge in [0.25, 0.3) is 0 Å². The molecule has 1 saturated heterocycles. The highest BCUT2D eigenvalue weighted by molar-refractivity contribution is 7.89. The van der Waals surface area contributed by atoms with Gasteiger partial charge in [-0.2, -0.15) is 4.31 Å². The van der Waals surface area contributed by atoms with Crippen molar-refractivity contribution in [3.05, 3.63) is 46.7 Å². The number of hydrogen-bond donors (Lipinski definition) is 0. The summed E-state index contributed by atoms with van der Waals surface area (Å²) in [5.74, 6) is 0.648. The van der Waals surface area contributed by atoms with Crippen LogP contribution >= 0.6 is 11.3 Å². The molecule has 1 fully saturated rings. The van der Waals surface area contributed by atoms with Crippen molar-refractivity contribution in [3.63, 3.8) is 0 Å². The predicted molar refractivity (Wildman–Crippen MR) is 98.7 cm³/mol. The number of thiophene rings is 1. The molecule has 2 heterocycles. The van der Waals surface area contributed by atoms with Gasteiger partial charge in [0.1, 0.15) is 5.75 Å². The number of sulfonamides is 1. The molecular weight excluding hydrogens is 358 g/mol. The third-order valence-corrected chi connectivity index (χ3v) is 7.33. The Kier molecular flexibility index (Phi) is 6.11. The fraction of sp³-hybridized carbons (Fsp3) is 0.444. The van der Waals surface area contributed by atoms with E-state index in [1.807, 2.05) is 17.5 Å². The van der Waals surface area contributed by atoms with Crippen molar-refractivity contribution in [2.45, 2.75) is 30.2 Å². The Bertz CT molecular complexity index is 751. The van der Waals surface area contributed by atoms with Gasteiger partial charge in [0.2, 0.25) is 10.0 Å². The molecule has 7 heteroatoms. The van der Waals surface area contributed by atoms with Crippen LogP contribution in [0.15, 0.2) is 46.7 Å². The lowest BCUT2D eigenvalue weighted by atomic mass is 10.1. The molecule has 1 aliphatic heterocycles. The number of hydrogen-bond acceptors (Lipinski definition) is 5. The summed E-state index contributed by atoms with van der Waals surface area (Å²) < 4.78 is 38.7. The molecule has 1 aliphatic rings. The minimum atomic E-state index is -3.55. The smallest absolute Gasteiger partial charge is 0.243 e. The molecule has 0 unspecified atom stereocenters. The molecule has 25 heavy (non-hydrogen) atoms. The minimum absolute atomic E-state index is 0.0131. The second-order valence-corrected chi connectivity index (χ2v) is 8.89. The summed E-state index contributed by atoms with van der Waals surface area (Å²) in [6.07, 6.45) is 2.20. The summed E-state index contributed by atoms with van der Waals surface area (Å²) in [7, 11) is -1.98. The Balaban J connectivity index is 1.84. The summed E-state index contributed by atoms with van der Waals surface area (Å²) >= 11 is 1.66. The van der Waals surface area contributed by atoms with Gasteiger partial charge >= 0.3 is 0 Å². The Labute approximate surface area is 153 Å². The summed E-state index contributed by atoms with van der Waals surface area (Å²) in [6.45, 7) is 1.70. The number of rotatable bonds is 7. The summed E-state index contributed by atoms with van der Waals surface area (Å²) in [5, 5.41) is 2.02. The van der Waals surface area contributed by atoms with Crippen LogP contribution in [-0.4, -0.2) is 45.6 Å². The topological polar surface area (TPSA) is 55.8 Å². The lowest BCUT2D eigenvalue weighted by Gasteiger charge is -2.33. The van der Waals surface area contributed by atoms with E-state index in [-0.39, 0.29) is 6.04 Å². The van der Waals surface area contributed by atoms with E-state index in [0.29, 0.717) is 30.4 Å². The van der Waals surface area contributed by atoms with Gasteiger partial charge in [-0.3, -0.25) is 0 Å². The monoisotopic (exact) mass is 381 g/mol. The molecule has 0 bridgehead atoms. The Hall–Kier alpha value is -1.41. The van der Waals surface area contributed by atoms with Gasteiger partial charge in [0.15, 0.2) is 0 Å². The standard InChI is InChI=1S/C18H23NO4S2/c1-22-16-4-6-18(7-5-16)25(20,21)19(15-9-12-23-13-10-15)11-8-17-3-2-14-24-17/h2-7,14-15H,8-13H2,1H3. The molecule has 5 nitrogen and oxygen atoms in total. The van der Waals surface area contributed by atoms with Gasteiger partial charge in [0, 0.05) is 30.7 Å². The highest BCUT2D eigenvalue weighted by atomic mass is 32.2. The first kappa shape index (κ1) is 18.4. The fourth-order valence-electron chi connectivity index (χ4n) is 3.03. The second kappa shape index (κ2) is 8.31. The Morgan fingerprint density at radius 1 is 1.20 bits per heavy atom. The number of methoxy groups -OCH3 is 1. The van der Waals surface area contributed by atoms with Crippen molar-refractivity contribution in [1.29, 1.82) is 0 Å². The van der Waals surface area contributed by atoms with Crippen LogP contribution in [0.1, 0.15) is 17.7 Å². The molecule has 0 amide bonds. The zero-order valence-corrected chi connectivity index (χ0v) is 15.9. The molecule has 0 saturated carbocycles. The largest absolute Gasteiger partial charge is 0.497 e. The zero-order valence-electron chi connectivity index (χ0n) is 14.3. The van der Waals surface area contributed by atoms with E-state index < -0.39 is 10.0 Å². The molecule has 1 aromatic carbocycles. The van der Waals surface area contributed by atoms with Crippen LogP contribution < -0.4 is 4.74 Å². The summed E-state index contributed by atoms with van der Waals surface area (Å²) in [6, 6.07) is 10.6. The van der Waals surface area contributed by atoms with Crippen LogP contribution in [0.5, 0.6) is 5.75 Å². The van der Waals surface area contributed by atoms with Crippen LogP contribution in [0.25, 0.3) is 0 Å². The zero-order chi connectivity index (χ0) is 17.7. The van der Waals surface area contributed by atoms with Crippen LogP contribution in [0.4, 0.5) is 0 Å². The molecule has 3 rings (SSSR count). The lowest BCUT2D eigenvalue weighted by molar-refractivity contribution is 0.0587. The number of nitrogens with zero attached hydrogens (tertiary/aromatic N) is 1. The maximum absolute atomic E-state index is 13.2. The second-order valence-electron chi connectivity index (χ2n) is 5.96. The summed E-state index contributed by atoms with van der Waals surface area (Å²) in [5.41, 5.74) is 0. The van der Waals surface area contributed by atoms with E-state index in [1.54, 1.807) is 47.0 Å². The van der Waals surface area contributed by atoms with E-state index in [0.717, 1.165) is 19.3 Å². The van der Waals surface area contributed by atoms with E-state index in [2.05, 4.69) is 0 Å². The predicted octanol–water partition coefficient (Wildman–Crippen LogP) is 3.17. The molecule has 1 aromatic heterocycles. The molecule has 2 aromatic rings. The first-order chi connectivity index (χ1) is 12.1. The maximum Gasteiger partial charge on any atom is 0.243 e. The van der Waals surface area contributed by atoms with Gasteiger partial charge < -0.3 is 9.47 Å². The van der Waals surface area contributed by atoms with Crippen molar-refractivity contribution in [2.24, 2.45) is 0 Å². The molecule has 0 spiro atoms. The van der Waals surface area contributed by atoms with Crippen molar-refractivity contribution in [1.82, 2.24) is 4.31 Å². The van der Waals surface area contributed by atoms with E-state index in [1.165, 1.54) is 4.88 Å². The first-order valence-corrected chi connectivity index (χ1v) is 10.7. The Morgan fingerprint density at radius 2 is 1.92 bits per heavy atom. The quantitative estimate of drug-likeness (QED) is 0.739. The van der Waals surface area contributed by atoms with Gasteiger partial charge in [-0.1, -0.05) is 6.07 Å².